The Balaban J connectivity index is 1.67. The van der Waals surface area contributed by atoms with Gasteiger partial charge in [0.25, 0.3) is 5.69 Å². The number of hydrogen-bond acceptors (Lipinski definition) is 9. The van der Waals surface area contributed by atoms with Gasteiger partial charge in [0.2, 0.25) is 0 Å². The monoisotopic (exact) mass is 538 g/mol. The number of rotatable bonds is 13. The number of non-ortho nitro benzene ring substituents is 1. The van der Waals surface area contributed by atoms with Crippen molar-refractivity contribution in [3.63, 3.8) is 0 Å². The number of nitro benzene ring substituents is 1. The SMILES string of the molecule is COC(=O)C1=C(C)NC(C)=C(C(=O)OCCCOc2ccc(CCCCO)cc2)C1c1cccc([N+](=O)[O-])c1. The fourth-order valence-electron chi connectivity index (χ4n) is 4.48. The standard InChI is InChI=1S/C29H34N2O8/c1-19-25(28(33)37-3)27(22-9-6-10-23(18-22)31(35)36)26(20(2)30-19)29(34)39-17-7-16-38-24-13-11-21(12-14-24)8-4-5-15-32/h6,9-14,18,27,30,32H,4-5,7-8,15-17H2,1-3H3. The van der Waals surface area contributed by atoms with Gasteiger partial charge in [-0.1, -0.05) is 24.3 Å². The van der Waals surface area contributed by atoms with Gasteiger partial charge in [0, 0.05) is 36.6 Å². The highest BCUT2D eigenvalue weighted by Gasteiger charge is 2.38. The molecule has 0 amide bonds. The van der Waals surface area contributed by atoms with E-state index in [1.807, 2.05) is 24.3 Å². The lowest BCUT2D eigenvalue weighted by Crippen LogP contribution is -2.32. The molecular weight excluding hydrogens is 504 g/mol. The molecule has 2 aromatic rings. The summed E-state index contributed by atoms with van der Waals surface area (Å²) >= 11 is 0. The second-order valence-corrected chi connectivity index (χ2v) is 9.14. The average Bonchev–Trinajstić information content (AvgIpc) is 2.93. The Bertz CT molecular complexity index is 1250. The predicted molar refractivity (Wildman–Crippen MR) is 144 cm³/mol. The molecule has 0 saturated heterocycles. The second kappa shape index (κ2) is 14.1. The minimum absolute atomic E-state index is 0.0762. The largest absolute Gasteiger partial charge is 0.493 e. The molecule has 0 aromatic heterocycles. The molecule has 0 fully saturated rings. The van der Waals surface area contributed by atoms with Crippen molar-refractivity contribution in [3.05, 3.63) is 92.3 Å². The summed E-state index contributed by atoms with van der Waals surface area (Å²) in [5.41, 5.74) is 2.74. The third-order valence-corrected chi connectivity index (χ3v) is 6.39. The van der Waals surface area contributed by atoms with Gasteiger partial charge in [-0.2, -0.15) is 0 Å². The van der Waals surface area contributed by atoms with Crippen molar-refractivity contribution in [1.29, 1.82) is 0 Å². The maximum Gasteiger partial charge on any atom is 0.336 e. The van der Waals surface area contributed by atoms with E-state index >= 15 is 0 Å². The van der Waals surface area contributed by atoms with Gasteiger partial charge in [0.05, 0.1) is 42.3 Å². The highest BCUT2D eigenvalue weighted by Crippen LogP contribution is 2.40. The normalized spacial score (nSPS) is 15.0. The number of benzene rings is 2. The molecule has 10 heteroatoms. The molecule has 2 N–H and O–H groups in total. The van der Waals surface area contributed by atoms with E-state index in [1.165, 1.54) is 30.9 Å². The fraction of sp³-hybridized carbons (Fsp3) is 0.379. The number of aliphatic hydroxyl groups is 1. The molecule has 1 heterocycles. The molecule has 2 aromatic carbocycles. The Kier molecular flexibility index (Phi) is 10.6. The number of allylic oxidation sites excluding steroid dienone is 2. The van der Waals surface area contributed by atoms with Gasteiger partial charge >= 0.3 is 11.9 Å². The second-order valence-electron chi connectivity index (χ2n) is 9.14. The van der Waals surface area contributed by atoms with Crippen LogP contribution >= 0.6 is 0 Å². The Labute approximate surface area is 227 Å². The zero-order valence-electron chi connectivity index (χ0n) is 22.4. The smallest absolute Gasteiger partial charge is 0.336 e. The molecule has 39 heavy (non-hydrogen) atoms. The van der Waals surface area contributed by atoms with Crippen molar-refractivity contribution in [3.8, 4) is 5.75 Å². The highest BCUT2D eigenvalue weighted by atomic mass is 16.6. The van der Waals surface area contributed by atoms with Gasteiger partial charge in [0.1, 0.15) is 5.75 Å². The highest BCUT2D eigenvalue weighted by molar-refractivity contribution is 5.99. The number of carbonyl (C=O) groups is 2. The van der Waals surface area contributed by atoms with Crippen LogP contribution in [0.15, 0.2) is 71.1 Å². The molecule has 10 nitrogen and oxygen atoms in total. The molecule has 3 rings (SSSR count). The summed E-state index contributed by atoms with van der Waals surface area (Å²) < 4.78 is 16.3. The number of aryl methyl sites for hydroxylation is 1. The van der Waals surface area contributed by atoms with Crippen LogP contribution in [0.1, 0.15) is 50.2 Å². The summed E-state index contributed by atoms with van der Waals surface area (Å²) in [5, 5.41) is 23.3. The summed E-state index contributed by atoms with van der Waals surface area (Å²) in [4.78, 5) is 36.9. The number of ether oxygens (including phenoxy) is 3. The molecule has 0 saturated carbocycles. The summed E-state index contributed by atoms with van der Waals surface area (Å²) in [6.45, 7) is 3.97. The van der Waals surface area contributed by atoms with Crippen LogP contribution in [0, 0.1) is 10.1 Å². The minimum Gasteiger partial charge on any atom is -0.493 e. The van der Waals surface area contributed by atoms with E-state index in [1.54, 1.807) is 19.9 Å². The molecule has 0 spiro atoms. The van der Waals surface area contributed by atoms with E-state index in [4.69, 9.17) is 19.3 Å². The number of nitrogens with zero attached hydrogens (tertiary/aromatic N) is 1. The van der Waals surface area contributed by atoms with Crippen molar-refractivity contribution in [2.45, 2.75) is 45.4 Å². The molecule has 1 atom stereocenters. The van der Waals surface area contributed by atoms with Crippen LogP contribution in [0.3, 0.4) is 0 Å². The number of carbonyl (C=O) groups excluding carboxylic acids is 2. The first kappa shape index (κ1) is 29.4. The van der Waals surface area contributed by atoms with E-state index in [-0.39, 0.29) is 30.0 Å². The van der Waals surface area contributed by atoms with Gasteiger partial charge in [-0.15, -0.1) is 0 Å². The Hall–Kier alpha value is -4.18. The van der Waals surface area contributed by atoms with Crippen LogP contribution in [0.5, 0.6) is 5.75 Å². The van der Waals surface area contributed by atoms with Gasteiger partial charge in [0.15, 0.2) is 0 Å². The molecule has 208 valence electrons. The van der Waals surface area contributed by atoms with Crippen LogP contribution in [0.4, 0.5) is 5.69 Å². The van der Waals surface area contributed by atoms with Crippen LogP contribution in [-0.2, 0) is 25.5 Å². The summed E-state index contributed by atoms with van der Waals surface area (Å²) in [5.74, 6) is -1.49. The first-order chi connectivity index (χ1) is 18.8. The van der Waals surface area contributed by atoms with Crippen molar-refractivity contribution in [1.82, 2.24) is 5.32 Å². The van der Waals surface area contributed by atoms with E-state index in [0.29, 0.717) is 35.7 Å². The lowest BCUT2D eigenvalue weighted by molar-refractivity contribution is -0.384. The lowest BCUT2D eigenvalue weighted by Gasteiger charge is -2.30. The van der Waals surface area contributed by atoms with Gasteiger partial charge in [-0.05, 0) is 56.4 Å². The van der Waals surface area contributed by atoms with E-state index in [9.17, 15) is 19.7 Å². The first-order valence-corrected chi connectivity index (χ1v) is 12.8. The zero-order valence-corrected chi connectivity index (χ0v) is 22.4. The Morgan fingerprint density at radius 1 is 0.974 bits per heavy atom. The number of dihydropyridines is 1. The number of aliphatic hydroxyl groups excluding tert-OH is 1. The number of methoxy groups -OCH3 is 1. The topological polar surface area (TPSA) is 137 Å². The number of hydrogen-bond donors (Lipinski definition) is 2. The number of esters is 2. The molecular formula is C29H34N2O8. The van der Waals surface area contributed by atoms with Gasteiger partial charge < -0.3 is 24.6 Å². The van der Waals surface area contributed by atoms with Crippen LogP contribution < -0.4 is 10.1 Å². The number of nitrogens with one attached hydrogen (secondary N) is 1. The number of nitro groups is 1. The maximum atomic E-state index is 13.3. The Morgan fingerprint density at radius 3 is 2.31 bits per heavy atom. The van der Waals surface area contributed by atoms with Gasteiger partial charge in [-0.25, -0.2) is 9.59 Å². The van der Waals surface area contributed by atoms with E-state index < -0.39 is 22.8 Å². The first-order valence-electron chi connectivity index (χ1n) is 12.8. The minimum atomic E-state index is -0.904. The average molecular weight is 539 g/mol. The summed E-state index contributed by atoms with van der Waals surface area (Å²) in [7, 11) is 1.24. The quantitative estimate of drug-likeness (QED) is 0.165. The molecule has 0 aliphatic carbocycles. The van der Waals surface area contributed by atoms with Crippen molar-refractivity contribution < 1.29 is 33.8 Å². The molecule has 1 aliphatic rings. The molecule has 1 unspecified atom stereocenters. The molecule has 1 aliphatic heterocycles. The molecule has 0 radical (unpaired) electrons. The third kappa shape index (κ3) is 7.67. The predicted octanol–water partition coefficient (Wildman–Crippen LogP) is 4.33. The van der Waals surface area contributed by atoms with Crippen LogP contribution in [-0.4, -0.2) is 48.9 Å². The van der Waals surface area contributed by atoms with Crippen molar-refractivity contribution in [2.24, 2.45) is 0 Å². The number of unbranched alkanes of at least 4 members (excludes halogenated alkanes) is 1. The fourth-order valence-corrected chi connectivity index (χ4v) is 4.48. The zero-order chi connectivity index (χ0) is 28.4. The van der Waals surface area contributed by atoms with Crippen LogP contribution in [0.25, 0.3) is 0 Å². The van der Waals surface area contributed by atoms with Crippen molar-refractivity contribution >= 4 is 17.6 Å². The van der Waals surface area contributed by atoms with E-state index in [2.05, 4.69) is 5.32 Å². The van der Waals surface area contributed by atoms with E-state index in [0.717, 1.165) is 19.3 Å². The molecule has 0 bridgehead atoms. The summed E-state index contributed by atoms with van der Waals surface area (Å²) in [6.07, 6.45) is 3.02. The third-order valence-electron chi connectivity index (χ3n) is 6.39. The lowest BCUT2D eigenvalue weighted by atomic mass is 9.80. The maximum absolute atomic E-state index is 13.3. The Morgan fingerprint density at radius 2 is 1.67 bits per heavy atom. The van der Waals surface area contributed by atoms with Crippen molar-refractivity contribution in [2.75, 3.05) is 26.9 Å². The van der Waals surface area contributed by atoms with Crippen LogP contribution in [0.2, 0.25) is 0 Å². The van der Waals surface area contributed by atoms with Gasteiger partial charge in [-0.3, -0.25) is 10.1 Å². The summed E-state index contributed by atoms with van der Waals surface area (Å²) in [6, 6.07) is 13.6.